The number of benzene rings is 3. The number of fused-ring (bicyclic) bond motifs is 1. The summed E-state index contributed by atoms with van der Waals surface area (Å²) in [7, 11) is 3.79. The first-order valence-corrected chi connectivity index (χ1v) is 11.2. The fourth-order valence-electron chi connectivity index (χ4n) is 4.23. The number of aliphatic imine (C=N–C) groups is 1. The summed E-state index contributed by atoms with van der Waals surface area (Å²) in [5, 5.41) is 0.712. The summed E-state index contributed by atoms with van der Waals surface area (Å²) in [6, 6.07) is 19.4. The highest BCUT2D eigenvalue weighted by Gasteiger charge is 2.34. The molecule has 0 radical (unpaired) electrons. The minimum Gasteiger partial charge on any atom is -0.497 e. The lowest BCUT2D eigenvalue weighted by molar-refractivity contribution is 0.395. The van der Waals surface area contributed by atoms with Gasteiger partial charge in [-0.15, -0.1) is 0 Å². The van der Waals surface area contributed by atoms with E-state index in [9.17, 15) is 0 Å². The fourth-order valence-corrected chi connectivity index (χ4v) is 4.43. The zero-order valence-electron chi connectivity index (χ0n) is 19.2. The topological polar surface area (TPSA) is 34.1 Å². The van der Waals surface area contributed by atoms with Gasteiger partial charge in [0.25, 0.3) is 0 Å². The Bertz CT molecular complexity index is 1120. The number of methoxy groups -OCH3 is 1. The highest BCUT2D eigenvalue weighted by Crippen LogP contribution is 2.44. The summed E-state index contributed by atoms with van der Waals surface area (Å²) in [5.74, 6) is 2.77. The van der Waals surface area contributed by atoms with E-state index in [0.29, 0.717) is 10.9 Å². The van der Waals surface area contributed by atoms with Crippen LogP contribution in [-0.2, 0) is 0 Å². The number of rotatable bonds is 5. The number of hydrogen-bond acceptors (Lipinski definition) is 4. The molecule has 4 nitrogen and oxygen atoms in total. The molecule has 1 unspecified atom stereocenters. The lowest BCUT2D eigenvalue weighted by Gasteiger charge is -2.45. The van der Waals surface area contributed by atoms with Crippen molar-refractivity contribution in [3.05, 3.63) is 76.8 Å². The van der Waals surface area contributed by atoms with Crippen molar-refractivity contribution in [3.8, 4) is 17.2 Å². The molecule has 0 spiro atoms. The van der Waals surface area contributed by atoms with Crippen molar-refractivity contribution < 1.29 is 9.47 Å². The van der Waals surface area contributed by atoms with E-state index in [4.69, 9.17) is 21.1 Å². The Morgan fingerprint density at radius 3 is 2.22 bits per heavy atom. The van der Waals surface area contributed by atoms with Crippen molar-refractivity contribution >= 4 is 29.2 Å². The van der Waals surface area contributed by atoms with Crippen LogP contribution in [0.25, 0.3) is 0 Å². The molecule has 1 aliphatic rings. The Kier molecular flexibility index (Phi) is 6.16. The van der Waals surface area contributed by atoms with Crippen LogP contribution in [0.5, 0.6) is 17.2 Å². The van der Waals surface area contributed by atoms with Crippen LogP contribution >= 0.6 is 11.6 Å². The molecule has 3 aromatic carbocycles. The van der Waals surface area contributed by atoms with Gasteiger partial charge in [-0.25, -0.2) is 0 Å². The van der Waals surface area contributed by atoms with Gasteiger partial charge in [-0.2, -0.15) is 0 Å². The fraction of sp³-hybridized carbons (Fsp3) is 0.296. The van der Waals surface area contributed by atoms with Crippen LogP contribution in [0.15, 0.2) is 65.7 Å². The van der Waals surface area contributed by atoms with Crippen molar-refractivity contribution in [1.82, 2.24) is 0 Å². The van der Waals surface area contributed by atoms with E-state index >= 15 is 0 Å². The molecular formula is C27H29ClN2O2. The van der Waals surface area contributed by atoms with Gasteiger partial charge in [0.1, 0.15) is 17.2 Å². The Morgan fingerprint density at radius 1 is 1.00 bits per heavy atom. The quantitative estimate of drug-likeness (QED) is 0.376. The largest absolute Gasteiger partial charge is 0.497 e. The van der Waals surface area contributed by atoms with E-state index in [0.717, 1.165) is 34.9 Å². The lowest BCUT2D eigenvalue weighted by Crippen LogP contribution is -2.45. The average molecular weight is 449 g/mol. The van der Waals surface area contributed by atoms with Crippen LogP contribution < -0.4 is 14.4 Å². The van der Waals surface area contributed by atoms with E-state index < -0.39 is 0 Å². The molecule has 0 bridgehead atoms. The first-order valence-electron chi connectivity index (χ1n) is 10.8. The van der Waals surface area contributed by atoms with Gasteiger partial charge < -0.3 is 14.4 Å². The van der Waals surface area contributed by atoms with Crippen molar-refractivity contribution in [2.75, 3.05) is 19.1 Å². The van der Waals surface area contributed by atoms with Gasteiger partial charge in [0, 0.05) is 30.1 Å². The molecule has 166 valence electrons. The standard InChI is InChI=1S/C27H29ClN2O2/c1-18-16-27(2,3)30(4)26-15-25(28)19(14-24(18)26)17-29-20-6-8-22(9-7-20)32-23-12-10-21(31-5)11-13-23/h6-15,17-18H,16H2,1-5H3. The molecule has 1 heterocycles. The zero-order chi connectivity index (χ0) is 22.9. The second-order valence-corrected chi connectivity index (χ2v) is 9.35. The number of anilines is 1. The maximum Gasteiger partial charge on any atom is 0.127 e. The smallest absolute Gasteiger partial charge is 0.127 e. The number of hydrogen-bond donors (Lipinski definition) is 0. The van der Waals surface area contributed by atoms with Crippen LogP contribution in [-0.4, -0.2) is 25.9 Å². The maximum atomic E-state index is 6.62. The maximum absolute atomic E-state index is 6.62. The first kappa shape index (κ1) is 22.2. The van der Waals surface area contributed by atoms with Gasteiger partial charge in [-0.1, -0.05) is 18.5 Å². The molecule has 0 saturated carbocycles. The van der Waals surface area contributed by atoms with E-state index in [1.165, 1.54) is 11.3 Å². The third kappa shape index (κ3) is 4.61. The monoisotopic (exact) mass is 448 g/mol. The van der Waals surface area contributed by atoms with Gasteiger partial charge in [-0.3, -0.25) is 4.99 Å². The van der Waals surface area contributed by atoms with Crippen molar-refractivity contribution in [1.29, 1.82) is 0 Å². The van der Waals surface area contributed by atoms with E-state index in [-0.39, 0.29) is 5.54 Å². The second kappa shape index (κ2) is 8.87. The Balaban J connectivity index is 1.50. The molecule has 0 amide bonds. The van der Waals surface area contributed by atoms with E-state index in [1.807, 2.05) is 54.7 Å². The average Bonchev–Trinajstić information content (AvgIpc) is 2.78. The second-order valence-electron chi connectivity index (χ2n) is 8.94. The number of ether oxygens (including phenoxy) is 2. The highest BCUT2D eigenvalue weighted by atomic mass is 35.5. The lowest BCUT2D eigenvalue weighted by atomic mass is 9.80. The number of halogens is 1. The predicted molar refractivity (Wildman–Crippen MR) is 134 cm³/mol. The summed E-state index contributed by atoms with van der Waals surface area (Å²) < 4.78 is 11.1. The molecule has 0 aliphatic carbocycles. The third-order valence-corrected chi connectivity index (χ3v) is 6.56. The van der Waals surface area contributed by atoms with Gasteiger partial charge in [0.05, 0.1) is 17.8 Å². The van der Waals surface area contributed by atoms with Crippen molar-refractivity contribution in [2.45, 2.75) is 38.6 Å². The summed E-state index contributed by atoms with van der Waals surface area (Å²) in [6.07, 6.45) is 2.94. The van der Waals surface area contributed by atoms with Crippen molar-refractivity contribution in [3.63, 3.8) is 0 Å². The van der Waals surface area contributed by atoms with Gasteiger partial charge in [0.2, 0.25) is 0 Å². The summed E-state index contributed by atoms with van der Waals surface area (Å²) >= 11 is 6.62. The van der Waals surface area contributed by atoms with Crippen molar-refractivity contribution in [2.24, 2.45) is 4.99 Å². The normalized spacial score (nSPS) is 17.3. The molecule has 0 saturated heterocycles. The molecule has 0 aromatic heterocycles. The Labute approximate surface area is 195 Å². The zero-order valence-corrected chi connectivity index (χ0v) is 20.0. The molecule has 0 N–H and O–H groups in total. The molecule has 5 heteroatoms. The molecule has 1 aliphatic heterocycles. The molecule has 3 aromatic rings. The Hall–Kier alpha value is -2.98. The Morgan fingerprint density at radius 2 is 1.59 bits per heavy atom. The summed E-state index contributed by atoms with van der Waals surface area (Å²) in [6.45, 7) is 6.83. The van der Waals surface area contributed by atoms with Crippen LogP contribution in [0.3, 0.4) is 0 Å². The highest BCUT2D eigenvalue weighted by molar-refractivity contribution is 6.33. The third-order valence-electron chi connectivity index (χ3n) is 6.24. The molecule has 32 heavy (non-hydrogen) atoms. The molecule has 0 fully saturated rings. The van der Waals surface area contributed by atoms with Crippen LogP contribution in [0.4, 0.5) is 11.4 Å². The SMILES string of the molecule is COc1ccc(Oc2ccc(N=Cc3cc4c(cc3Cl)N(C)C(C)(C)CC4C)cc2)cc1. The summed E-state index contributed by atoms with van der Waals surface area (Å²) in [5.41, 5.74) is 4.41. The van der Waals surface area contributed by atoms with E-state index in [1.54, 1.807) is 7.11 Å². The van der Waals surface area contributed by atoms with Crippen LogP contribution in [0.2, 0.25) is 5.02 Å². The number of nitrogens with zero attached hydrogens (tertiary/aromatic N) is 2. The summed E-state index contributed by atoms with van der Waals surface area (Å²) in [4.78, 5) is 6.96. The predicted octanol–water partition coefficient (Wildman–Crippen LogP) is 7.61. The van der Waals surface area contributed by atoms with Gasteiger partial charge in [-0.05, 0) is 92.4 Å². The van der Waals surface area contributed by atoms with Crippen LogP contribution in [0, 0.1) is 0 Å². The van der Waals surface area contributed by atoms with Crippen LogP contribution in [0.1, 0.15) is 44.2 Å². The first-order chi connectivity index (χ1) is 15.3. The minimum absolute atomic E-state index is 0.112. The molecule has 1 atom stereocenters. The van der Waals surface area contributed by atoms with Gasteiger partial charge >= 0.3 is 0 Å². The minimum atomic E-state index is 0.112. The molecular weight excluding hydrogens is 420 g/mol. The molecule has 4 rings (SSSR count). The van der Waals surface area contributed by atoms with E-state index in [2.05, 4.69) is 49.8 Å². The van der Waals surface area contributed by atoms with Gasteiger partial charge in [0.15, 0.2) is 0 Å².